The molecule has 0 spiro atoms. The van der Waals surface area contributed by atoms with Crippen LogP contribution in [0.4, 0.5) is 4.39 Å². The number of benzene rings is 2. The maximum absolute atomic E-state index is 12.7. The van der Waals surface area contributed by atoms with Crippen LogP contribution in [0, 0.1) is 12.7 Å². The minimum Gasteiger partial charge on any atom is -0.344 e. The van der Waals surface area contributed by atoms with E-state index in [1.165, 1.54) is 12.1 Å². The Kier molecular flexibility index (Phi) is 5.25. The van der Waals surface area contributed by atoms with Crippen molar-refractivity contribution in [2.45, 2.75) is 20.0 Å². The molecule has 2 N–H and O–H groups in total. The average Bonchev–Trinajstić information content (AvgIpc) is 2.53. The van der Waals surface area contributed by atoms with Crippen LogP contribution in [0.2, 0.25) is 0 Å². The molecule has 0 radical (unpaired) electrons. The molecule has 0 aromatic heterocycles. The summed E-state index contributed by atoms with van der Waals surface area (Å²) in [4.78, 5) is 23.3. The number of nitrogens with one attached hydrogen (secondary N) is 2. The number of amides is 2. The van der Waals surface area contributed by atoms with Crippen molar-refractivity contribution in [2.24, 2.45) is 0 Å². The summed E-state index contributed by atoms with van der Waals surface area (Å²) in [5.74, 6) is -1.75. The van der Waals surface area contributed by atoms with Crippen LogP contribution in [0.25, 0.3) is 0 Å². The largest absolute Gasteiger partial charge is 0.344 e. The molecule has 0 aliphatic heterocycles. The fourth-order valence-corrected chi connectivity index (χ4v) is 1.83. The number of hydrogen-bond acceptors (Lipinski definition) is 2. The van der Waals surface area contributed by atoms with E-state index in [-0.39, 0.29) is 12.4 Å². The van der Waals surface area contributed by atoms with Crippen molar-refractivity contribution >= 4 is 11.8 Å². The number of halogens is 1. The molecule has 0 saturated heterocycles. The van der Waals surface area contributed by atoms with E-state index in [1.807, 2.05) is 31.2 Å². The highest BCUT2D eigenvalue weighted by molar-refractivity contribution is 6.35. The van der Waals surface area contributed by atoms with E-state index < -0.39 is 11.8 Å². The van der Waals surface area contributed by atoms with Gasteiger partial charge in [-0.1, -0.05) is 42.0 Å². The third kappa shape index (κ3) is 4.70. The Morgan fingerprint density at radius 3 is 1.68 bits per heavy atom. The van der Waals surface area contributed by atoms with Crippen LogP contribution in [-0.2, 0) is 22.7 Å². The molecule has 0 heterocycles. The number of carbonyl (C=O) groups excluding carboxylic acids is 2. The fourth-order valence-electron chi connectivity index (χ4n) is 1.83. The molecule has 5 heteroatoms. The van der Waals surface area contributed by atoms with Crippen molar-refractivity contribution in [3.63, 3.8) is 0 Å². The van der Waals surface area contributed by atoms with Crippen molar-refractivity contribution in [1.82, 2.24) is 10.6 Å². The van der Waals surface area contributed by atoms with Gasteiger partial charge < -0.3 is 10.6 Å². The lowest BCUT2D eigenvalue weighted by Crippen LogP contribution is -2.39. The summed E-state index contributed by atoms with van der Waals surface area (Å²) in [5.41, 5.74) is 2.78. The molecule has 0 atom stereocenters. The van der Waals surface area contributed by atoms with Crippen molar-refractivity contribution < 1.29 is 14.0 Å². The van der Waals surface area contributed by atoms with Gasteiger partial charge >= 0.3 is 11.8 Å². The third-order valence-electron chi connectivity index (χ3n) is 3.15. The highest BCUT2D eigenvalue weighted by atomic mass is 19.1. The molecule has 0 fully saturated rings. The summed E-state index contributed by atoms with van der Waals surface area (Å²) in [7, 11) is 0. The van der Waals surface area contributed by atoms with Gasteiger partial charge in [0.15, 0.2) is 0 Å². The molecular formula is C17H17FN2O2. The van der Waals surface area contributed by atoms with Gasteiger partial charge in [0.2, 0.25) is 0 Å². The van der Waals surface area contributed by atoms with Gasteiger partial charge in [-0.3, -0.25) is 9.59 Å². The Morgan fingerprint density at radius 1 is 0.818 bits per heavy atom. The second-order valence-electron chi connectivity index (χ2n) is 4.98. The highest BCUT2D eigenvalue weighted by Gasteiger charge is 2.12. The molecular weight excluding hydrogens is 283 g/mol. The first-order valence-electron chi connectivity index (χ1n) is 6.90. The molecule has 2 amide bonds. The third-order valence-corrected chi connectivity index (χ3v) is 3.15. The Bertz CT molecular complexity index is 592. The zero-order valence-corrected chi connectivity index (χ0v) is 12.2. The van der Waals surface area contributed by atoms with Gasteiger partial charge in [0.05, 0.1) is 0 Å². The van der Waals surface area contributed by atoms with Crippen molar-refractivity contribution in [1.29, 1.82) is 0 Å². The zero-order valence-electron chi connectivity index (χ0n) is 12.2. The van der Waals surface area contributed by atoms with E-state index in [9.17, 15) is 14.0 Å². The fraction of sp³-hybridized carbons (Fsp3) is 0.176. The monoisotopic (exact) mass is 300 g/mol. The average molecular weight is 300 g/mol. The van der Waals surface area contributed by atoms with E-state index in [0.29, 0.717) is 6.54 Å². The van der Waals surface area contributed by atoms with E-state index >= 15 is 0 Å². The lowest BCUT2D eigenvalue weighted by molar-refractivity contribution is -0.139. The SMILES string of the molecule is Cc1ccc(CNC(=O)C(=O)NCc2ccc(F)cc2)cc1. The van der Waals surface area contributed by atoms with Crippen LogP contribution < -0.4 is 10.6 Å². The van der Waals surface area contributed by atoms with Crippen LogP contribution in [0.5, 0.6) is 0 Å². The summed E-state index contributed by atoms with van der Waals surface area (Å²) < 4.78 is 12.7. The molecule has 4 nitrogen and oxygen atoms in total. The summed E-state index contributed by atoms with van der Waals surface area (Å²) in [6, 6.07) is 13.4. The molecule has 114 valence electrons. The standard InChI is InChI=1S/C17H17FN2O2/c1-12-2-4-13(5-3-12)10-19-16(21)17(22)20-11-14-6-8-15(18)9-7-14/h2-9H,10-11H2,1H3,(H,19,21)(H,20,22). The predicted molar refractivity (Wildman–Crippen MR) is 81.3 cm³/mol. The van der Waals surface area contributed by atoms with E-state index in [1.54, 1.807) is 12.1 Å². The van der Waals surface area contributed by atoms with E-state index in [4.69, 9.17) is 0 Å². The summed E-state index contributed by atoms with van der Waals surface area (Å²) in [6.07, 6.45) is 0. The van der Waals surface area contributed by atoms with Crippen LogP contribution >= 0.6 is 0 Å². The first-order chi connectivity index (χ1) is 10.5. The Balaban J connectivity index is 1.78. The van der Waals surface area contributed by atoms with Gasteiger partial charge in [-0.05, 0) is 30.2 Å². The van der Waals surface area contributed by atoms with Gasteiger partial charge in [0, 0.05) is 13.1 Å². The van der Waals surface area contributed by atoms with Crippen molar-refractivity contribution in [2.75, 3.05) is 0 Å². The molecule has 0 aliphatic carbocycles. The molecule has 0 saturated carbocycles. The lowest BCUT2D eigenvalue weighted by atomic mass is 10.1. The summed E-state index contributed by atoms with van der Waals surface area (Å²) >= 11 is 0. The summed E-state index contributed by atoms with van der Waals surface area (Å²) in [6.45, 7) is 2.45. The number of carbonyl (C=O) groups is 2. The van der Waals surface area contributed by atoms with E-state index in [2.05, 4.69) is 10.6 Å². The van der Waals surface area contributed by atoms with E-state index in [0.717, 1.165) is 16.7 Å². The van der Waals surface area contributed by atoms with Crippen LogP contribution in [0.3, 0.4) is 0 Å². The first-order valence-corrected chi connectivity index (χ1v) is 6.90. The second-order valence-corrected chi connectivity index (χ2v) is 4.98. The number of rotatable bonds is 4. The first kappa shape index (κ1) is 15.7. The topological polar surface area (TPSA) is 58.2 Å². The molecule has 2 aromatic carbocycles. The maximum Gasteiger partial charge on any atom is 0.309 e. The molecule has 2 aromatic rings. The molecule has 0 aliphatic rings. The molecule has 22 heavy (non-hydrogen) atoms. The molecule has 2 rings (SSSR count). The normalized spacial score (nSPS) is 10.1. The Morgan fingerprint density at radius 2 is 1.23 bits per heavy atom. The van der Waals surface area contributed by atoms with Crippen molar-refractivity contribution in [3.8, 4) is 0 Å². The lowest BCUT2D eigenvalue weighted by Gasteiger charge is -2.07. The quantitative estimate of drug-likeness (QED) is 0.849. The zero-order chi connectivity index (χ0) is 15.9. The van der Waals surface area contributed by atoms with Crippen LogP contribution in [-0.4, -0.2) is 11.8 Å². The number of aryl methyl sites for hydroxylation is 1. The molecule has 0 unspecified atom stereocenters. The van der Waals surface area contributed by atoms with Crippen LogP contribution in [0.15, 0.2) is 48.5 Å². The minimum atomic E-state index is -0.712. The molecule has 0 bridgehead atoms. The smallest absolute Gasteiger partial charge is 0.309 e. The van der Waals surface area contributed by atoms with Crippen LogP contribution in [0.1, 0.15) is 16.7 Å². The maximum atomic E-state index is 12.7. The van der Waals surface area contributed by atoms with Gasteiger partial charge in [-0.25, -0.2) is 4.39 Å². The van der Waals surface area contributed by atoms with Crippen molar-refractivity contribution in [3.05, 3.63) is 71.0 Å². The Hall–Kier alpha value is -2.69. The minimum absolute atomic E-state index is 0.178. The second kappa shape index (κ2) is 7.36. The number of hydrogen-bond donors (Lipinski definition) is 2. The Labute approximate surface area is 128 Å². The predicted octanol–water partition coefficient (Wildman–Crippen LogP) is 2.07. The van der Waals surface area contributed by atoms with Gasteiger partial charge in [-0.2, -0.15) is 0 Å². The van der Waals surface area contributed by atoms with Gasteiger partial charge in [-0.15, -0.1) is 0 Å². The van der Waals surface area contributed by atoms with Gasteiger partial charge in [0.1, 0.15) is 5.82 Å². The summed E-state index contributed by atoms with van der Waals surface area (Å²) in [5, 5.41) is 5.04. The highest BCUT2D eigenvalue weighted by Crippen LogP contribution is 2.03. The van der Waals surface area contributed by atoms with Gasteiger partial charge in [0.25, 0.3) is 0 Å².